The van der Waals surface area contributed by atoms with Crippen LogP contribution in [0.3, 0.4) is 0 Å². The molecule has 0 aliphatic heterocycles. The monoisotopic (exact) mass is 361 g/mol. The Hall–Kier alpha value is -2.91. The van der Waals surface area contributed by atoms with E-state index in [0.29, 0.717) is 0 Å². The Balaban J connectivity index is 0.00000196. The van der Waals surface area contributed by atoms with Crippen LogP contribution in [-0.4, -0.2) is 9.97 Å². The lowest BCUT2D eigenvalue weighted by Gasteiger charge is -2.14. The molecule has 130 valence electrons. The number of benzene rings is 3. The van der Waals surface area contributed by atoms with Gasteiger partial charge >= 0.3 is 0 Å². The third-order valence-corrected chi connectivity index (χ3v) is 4.36. The molecular formula is C22H20ClN3. The molecule has 1 aromatic heterocycles. The molecule has 1 N–H and O–H groups in total. The van der Waals surface area contributed by atoms with Crippen LogP contribution < -0.4 is 5.32 Å². The van der Waals surface area contributed by atoms with E-state index in [-0.39, 0.29) is 12.4 Å². The summed E-state index contributed by atoms with van der Waals surface area (Å²) in [6, 6.07) is 24.5. The van der Waals surface area contributed by atoms with Gasteiger partial charge in [-0.1, -0.05) is 60.7 Å². The number of hydrogen-bond acceptors (Lipinski definition) is 3. The van der Waals surface area contributed by atoms with E-state index in [1.54, 1.807) is 0 Å². The van der Waals surface area contributed by atoms with E-state index >= 15 is 0 Å². The number of halogens is 1. The van der Waals surface area contributed by atoms with Gasteiger partial charge in [-0.2, -0.15) is 0 Å². The van der Waals surface area contributed by atoms with Crippen molar-refractivity contribution in [2.45, 2.75) is 13.8 Å². The lowest BCUT2D eigenvalue weighted by Crippen LogP contribution is -2.02. The van der Waals surface area contributed by atoms with Gasteiger partial charge in [0.2, 0.25) is 0 Å². The zero-order valence-corrected chi connectivity index (χ0v) is 15.5. The molecule has 0 fully saturated rings. The van der Waals surface area contributed by atoms with E-state index < -0.39 is 0 Å². The molecule has 3 nitrogen and oxygen atoms in total. The van der Waals surface area contributed by atoms with Gasteiger partial charge in [0, 0.05) is 16.6 Å². The Morgan fingerprint density at radius 1 is 0.692 bits per heavy atom. The lowest BCUT2D eigenvalue weighted by molar-refractivity contribution is 1.21. The highest BCUT2D eigenvalue weighted by molar-refractivity contribution is 5.92. The van der Waals surface area contributed by atoms with Gasteiger partial charge in [0.15, 0.2) is 5.82 Å². The number of aromatic nitrogens is 2. The minimum atomic E-state index is 0. The molecule has 0 atom stereocenters. The van der Waals surface area contributed by atoms with Crippen molar-refractivity contribution in [1.82, 2.24) is 9.97 Å². The maximum Gasteiger partial charge on any atom is 0.162 e. The Morgan fingerprint density at radius 2 is 1.35 bits per heavy atom. The van der Waals surface area contributed by atoms with Crippen LogP contribution in [0.4, 0.5) is 11.5 Å². The summed E-state index contributed by atoms with van der Waals surface area (Å²) in [6.45, 7) is 4.22. The first kappa shape index (κ1) is 17.9. The fraction of sp³-hybridized carbons (Fsp3) is 0.0909. The molecule has 0 unspecified atom stereocenters. The number of anilines is 2. The van der Waals surface area contributed by atoms with E-state index in [4.69, 9.17) is 9.97 Å². The van der Waals surface area contributed by atoms with Crippen molar-refractivity contribution in [2.75, 3.05) is 5.32 Å². The average Bonchev–Trinajstić information content (AvgIpc) is 2.65. The SMILES string of the molecule is Cc1cccc(C)c1Nc1nc(-c2ccccc2)nc2ccccc12.Cl. The Labute approximate surface area is 159 Å². The van der Waals surface area contributed by atoms with Crippen molar-refractivity contribution in [3.8, 4) is 11.4 Å². The van der Waals surface area contributed by atoms with Crippen LogP contribution in [0.15, 0.2) is 72.8 Å². The largest absolute Gasteiger partial charge is 0.339 e. The summed E-state index contributed by atoms with van der Waals surface area (Å²) in [6.07, 6.45) is 0. The number of para-hydroxylation sites is 2. The molecular weight excluding hydrogens is 342 g/mol. The maximum atomic E-state index is 4.83. The van der Waals surface area contributed by atoms with Crippen molar-refractivity contribution in [3.63, 3.8) is 0 Å². The van der Waals surface area contributed by atoms with Gasteiger partial charge < -0.3 is 5.32 Å². The first-order chi connectivity index (χ1) is 12.2. The second-order valence-electron chi connectivity index (χ2n) is 6.17. The van der Waals surface area contributed by atoms with Gasteiger partial charge in [0.25, 0.3) is 0 Å². The molecule has 0 saturated carbocycles. The van der Waals surface area contributed by atoms with Crippen molar-refractivity contribution in [2.24, 2.45) is 0 Å². The minimum absolute atomic E-state index is 0. The summed E-state index contributed by atoms with van der Waals surface area (Å²) >= 11 is 0. The molecule has 0 amide bonds. The minimum Gasteiger partial charge on any atom is -0.339 e. The van der Waals surface area contributed by atoms with Crippen LogP contribution in [0, 0.1) is 13.8 Å². The van der Waals surface area contributed by atoms with Gasteiger partial charge in [0.1, 0.15) is 5.82 Å². The fourth-order valence-electron chi connectivity index (χ4n) is 3.02. The number of nitrogens with one attached hydrogen (secondary N) is 1. The molecule has 0 spiro atoms. The number of hydrogen-bond donors (Lipinski definition) is 1. The van der Waals surface area contributed by atoms with E-state index in [9.17, 15) is 0 Å². The zero-order valence-electron chi connectivity index (χ0n) is 14.7. The second kappa shape index (κ2) is 7.54. The van der Waals surface area contributed by atoms with E-state index in [1.165, 1.54) is 11.1 Å². The van der Waals surface area contributed by atoms with E-state index in [0.717, 1.165) is 33.8 Å². The van der Waals surface area contributed by atoms with Gasteiger partial charge in [-0.05, 0) is 37.1 Å². The number of rotatable bonds is 3. The smallest absolute Gasteiger partial charge is 0.162 e. The summed E-state index contributed by atoms with van der Waals surface area (Å²) in [7, 11) is 0. The molecule has 3 aromatic carbocycles. The average molecular weight is 362 g/mol. The molecule has 0 aliphatic rings. The third-order valence-electron chi connectivity index (χ3n) is 4.36. The highest BCUT2D eigenvalue weighted by Gasteiger charge is 2.11. The molecule has 4 aromatic rings. The Bertz CT molecular complexity index is 1030. The predicted molar refractivity (Wildman–Crippen MR) is 111 cm³/mol. The van der Waals surface area contributed by atoms with Crippen LogP contribution in [0.25, 0.3) is 22.3 Å². The van der Waals surface area contributed by atoms with Crippen molar-refractivity contribution >= 4 is 34.8 Å². The zero-order chi connectivity index (χ0) is 17.2. The lowest BCUT2D eigenvalue weighted by atomic mass is 10.1. The van der Waals surface area contributed by atoms with Crippen LogP contribution in [0.5, 0.6) is 0 Å². The molecule has 0 radical (unpaired) electrons. The maximum absolute atomic E-state index is 4.83. The Morgan fingerprint density at radius 3 is 2.08 bits per heavy atom. The van der Waals surface area contributed by atoms with Crippen LogP contribution in [-0.2, 0) is 0 Å². The molecule has 1 heterocycles. The standard InChI is InChI=1S/C22H19N3.ClH/c1-15-9-8-10-16(2)20(15)24-22-18-13-6-7-14-19(18)23-21(25-22)17-11-4-3-5-12-17;/h3-14H,1-2H3,(H,23,24,25);1H. The van der Waals surface area contributed by atoms with E-state index in [1.807, 2.05) is 48.5 Å². The summed E-state index contributed by atoms with van der Waals surface area (Å²) in [5.41, 5.74) is 5.45. The highest BCUT2D eigenvalue weighted by atomic mass is 35.5. The Kier molecular flexibility index (Phi) is 5.19. The predicted octanol–water partition coefficient (Wildman–Crippen LogP) is 6.08. The van der Waals surface area contributed by atoms with Crippen molar-refractivity contribution < 1.29 is 0 Å². The quantitative estimate of drug-likeness (QED) is 0.480. The van der Waals surface area contributed by atoms with Gasteiger partial charge in [-0.3, -0.25) is 0 Å². The van der Waals surface area contributed by atoms with Crippen LogP contribution >= 0.6 is 12.4 Å². The summed E-state index contributed by atoms with van der Waals surface area (Å²) in [4.78, 5) is 9.57. The molecule has 4 rings (SSSR count). The van der Waals surface area contributed by atoms with Crippen LogP contribution in [0.1, 0.15) is 11.1 Å². The molecule has 0 saturated heterocycles. The van der Waals surface area contributed by atoms with Gasteiger partial charge in [-0.15, -0.1) is 12.4 Å². The van der Waals surface area contributed by atoms with Gasteiger partial charge in [0.05, 0.1) is 5.52 Å². The summed E-state index contributed by atoms with van der Waals surface area (Å²) < 4.78 is 0. The molecule has 0 aliphatic carbocycles. The molecule has 26 heavy (non-hydrogen) atoms. The van der Waals surface area contributed by atoms with Crippen LogP contribution in [0.2, 0.25) is 0 Å². The highest BCUT2D eigenvalue weighted by Crippen LogP contribution is 2.29. The summed E-state index contributed by atoms with van der Waals surface area (Å²) in [5, 5.41) is 4.56. The second-order valence-corrected chi connectivity index (χ2v) is 6.17. The molecule has 4 heteroatoms. The van der Waals surface area contributed by atoms with E-state index in [2.05, 4.69) is 43.4 Å². The number of fused-ring (bicyclic) bond motifs is 1. The third kappa shape index (κ3) is 3.39. The molecule has 0 bridgehead atoms. The van der Waals surface area contributed by atoms with Crippen molar-refractivity contribution in [3.05, 3.63) is 83.9 Å². The fourth-order valence-corrected chi connectivity index (χ4v) is 3.02. The number of nitrogens with zero attached hydrogens (tertiary/aromatic N) is 2. The first-order valence-corrected chi connectivity index (χ1v) is 8.38. The normalized spacial score (nSPS) is 10.4. The summed E-state index contributed by atoms with van der Waals surface area (Å²) in [5.74, 6) is 1.56. The topological polar surface area (TPSA) is 37.8 Å². The number of aryl methyl sites for hydroxylation is 2. The van der Waals surface area contributed by atoms with Gasteiger partial charge in [-0.25, -0.2) is 9.97 Å². The first-order valence-electron chi connectivity index (χ1n) is 8.38. The van der Waals surface area contributed by atoms with Crippen molar-refractivity contribution in [1.29, 1.82) is 0 Å².